The lowest BCUT2D eigenvalue weighted by Gasteiger charge is -2.27. The summed E-state index contributed by atoms with van der Waals surface area (Å²) in [6, 6.07) is 8.62. The van der Waals surface area contributed by atoms with E-state index in [9.17, 15) is 8.42 Å². The summed E-state index contributed by atoms with van der Waals surface area (Å²) in [5.41, 5.74) is 0. The molecule has 1 aromatic rings. The van der Waals surface area contributed by atoms with Gasteiger partial charge in [0.2, 0.25) is 0 Å². The SMILES string of the molecule is CCOC(C)O[C@H]1C=C[C@H](CC)[C@@H]1CS(=O)(=O)c1ccccc1. The van der Waals surface area contributed by atoms with Crippen LogP contribution in [0.5, 0.6) is 0 Å². The predicted octanol–water partition coefficient (Wildman–Crippen LogP) is 3.44. The molecule has 0 spiro atoms. The number of rotatable bonds is 8. The molecule has 0 bridgehead atoms. The van der Waals surface area contributed by atoms with E-state index in [1.807, 2.05) is 26.0 Å². The van der Waals surface area contributed by atoms with Gasteiger partial charge in [-0.05, 0) is 38.3 Å². The van der Waals surface area contributed by atoms with Gasteiger partial charge in [-0.2, -0.15) is 0 Å². The Morgan fingerprint density at radius 1 is 1.13 bits per heavy atom. The topological polar surface area (TPSA) is 52.6 Å². The maximum Gasteiger partial charge on any atom is 0.178 e. The second-order valence-electron chi connectivity index (χ2n) is 5.84. The molecule has 0 amide bonds. The summed E-state index contributed by atoms with van der Waals surface area (Å²) in [6.07, 6.45) is 4.39. The van der Waals surface area contributed by atoms with Crippen molar-refractivity contribution in [2.75, 3.05) is 12.4 Å². The zero-order chi connectivity index (χ0) is 16.9. The summed E-state index contributed by atoms with van der Waals surface area (Å²) >= 11 is 0. The molecule has 0 aromatic heterocycles. The van der Waals surface area contributed by atoms with Crippen LogP contribution in [0.15, 0.2) is 47.4 Å². The van der Waals surface area contributed by atoms with E-state index in [2.05, 4.69) is 13.0 Å². The monoisotopic (exact) mass is 338 g/mol. The Bertz CT molecular complexity index is 609. The lowest BCUT2D eigenvalue weighted by atomic mass is 9.93. The van der Waals surface area contributed by atoms with Gasteiger partial charge in [-0.3, -0.25) is 0 Å². The smallest absolute Gasteiger partial charge is 0.178 e. The minimum atomic E-state index is -3.33. The van der Waals surface area contributed by atoms with Crippen molar-refractivity contribution in [1.82, 2.24) is 0 Å². The number of sulfone groups is 1. The van der Waals surface area contributed by atoms with Crippen LogP contribution in [0, 0.1) is 11.8 Å². The molecule has 0 aliphatic heterocycles. The zero-order valence-corrected chi connectivity index (χ0v) is 14.8. The number of hydrogen-bond donors (Lipinski definition) is 0. The molecular weight excluding hydrogens is 312 g/mol. The van der Waals surface area contributed by atoms with Crippen LogP contribution in [0.25, 0.3) is 0 Å². The molecule has 1 unspecified atom stereocenters. The van der Waals surface area contributed by atoms with Gasteiger partial charge in [0, 0.05) is 12.5 Å². The summed E-state index contributed by atoms with van der Waals surface area (Å²) < 4.78 is 36.7. The maximum absolute atomic E-state index is 12.7. The van der Waals surface area contributed by atoms with Crippen LogP contribution < -0.4 is 0 Å². The third-order valence-electron chi connectivity index (χ3n) is 4.26. The molecule has 2 rings (SSSR count). The second-order valence-corrected chi connectivity index (χ2v) is 7.87. The first kappa shape index (κ1) is 18.2. The highest BCUT2D eigenvalue weighted by atomic mass is 32.2. The summed E-state index contributed by atoms with van der Waals surface area (Å²) in [6.45, 7) is 6.41. The Hall–Kier alpha value is -1.17. The summed E-state index contributed by atoms with van der Waals surface area (Å²) in [7, 11) is -3.33. The van der Waals surface area contributed by atoms with Crippen LogP contribution in [0.4, 0.5) is 0 Å². The first-order valence-electron chi connectivity index (χ1n) is 8.21. The van der Waals surface area contributed by atoms with Gasteiger partial charge in [0.1, 0.15) is 0 Å². The number of allylic oxidation sites excluding steroid dienone is 1. The van der Waals surface area contributed by atoms with Gasteiger partial charge in [0.15, 0.2) is 16.1 Å². The van der Waals surface area contributed by atoms with Crippen LogP contribution in [0.2, 0.25) is 0 Å². The van der Waals surface area contributed by atoms with Crippen molar-refractivity contribution >= 4 is 9.84 Å². The molecule has 128 valence electrons. The van der Waals surface area contributed by atoms with Gasteiger partial charge in [0.25, 0.3) is 0 Å². The molecule has 5 heteroatoms. The van der Waals surface area contributed by atoms with E-state index in [1.165, 1.54) is 0 Å². The number of hydrogen-bond acceptors (Lipinski definition) is 4. The zero-order valence-electron chi connectivity index (χ0n) is 14.0. The molecular formula is C18H26O4S. The molecule has 0 fully saturated rings. The minimum Gasteiger partial charge on any atom is -0.353 e. The minimum absolute atomic E-state index is 0.0758. The third kappa shape index (κ3) is 4.66. The quantitative estimate of drug-likeness (QED) is 0.538. The van der Waals surface area contributed by atoms with Crippen molar-refractivity contribution in [2.45, 2.75) is 44.5 Å². The van der Waals surface area contributed by atoms with Gasteiger partial charge < -0.3 is 9.47 Å². The maximum atomic E-state index is 12.7. The van der Waals surface area contributed by atoms with E-state index in [0.29, 0.717) is 11.5 Å². The lowest BCUT2D eigenvalue weighted by molar-refractivity contribution is -0.155. The van der Waals surface area contributed by atoms with E-state index in [4.69, 9.17) is 9.47 Å². The summed E-state index contributed by atoms with van der Waals surface area (Å²) in [5, 5.41) is 0. The fourth-order valence-corrected chi connectivity index (χ4v) is 4.77. The molecule has 0 saturated heterocycles. The average Bonchev–Trinajstić information content (AvgIpc) is 2.89. The highest BCUT2D eigenvalue weighted by molar-refractivity contribution is 7.91. The second kappa shape index (κ2) is 8.08. The van der Waals surface area contributed by atoms with E-state index >= 15 is 0 Å². The third-order valence-corrected chi connectivity index (χ3v) is 6.07. The fourth-order valence-electron chi connectivity index (χ4n) is 3.06. The standard InChI is InChI=1S/C18H26O4S/c1-4-15-11-12-18(22-14(3)21-5-2)17(15)13-23(19,20)16-9-7-6-8-10-16/h6-12,14-15,17-18H,4-5,13H2,1-3H3/t14?,15-,17-,18-/m0/s1. The van der Waals surface area contributed by atoms with E-state index in [0.717, 1.165) is 6.42 Å². The highest BCUT2D eigenvalue weighted by Gasteiger charge is 2.36. The molecule has 0 saturated carbocycles. The van der Waals surface area contributed by atoms with Gasteiger partial charge >= 0.3 is 0 Å². The lowest BCUT2D eigenvalue weighted by Crippen LogP contribution is -2.33. The van der Waals surface area contributed by atoms with Crippen LogP contribution in [-0.4, -0.2) is 33.2 Å². The van der Waals surface area contributed by atoms with E-state index < -0.39 is 9.84 Å². The van der Waals surface area contributed by atoms with Crippen molar-refractivity contribution in [1.29, 1.82) is 0 Å². The van der Waals surface area contributed by atoms with Gasteiger partial charge in [-0.1, -0.05) is 37.3 Å². The molecule has 1 aliphatic rings. The number of ether oxygens (including phenoxy) is 2. The van der Waals surface area contributed by atoms with Crippen LogP contribution >= 0.6 is 0 Å². The Kier molecular flexibility index (Phi) is 6.39. The van der Waals surface area contributed by atoms with Gasteiger partial charge in [0.05, 0.1) is 16.8 Å². The van der Waals surface area contributed by atoms with Crippen molar-refractivity contribution in [3.8, 4) is 0 Å². The molecule has 23 heavy (non-hydrogen) atoms. The molecule has 0 radical (unpaired) electrons. The Morgan fingerprint density at radius 3 is 2.43 bits per heavy atom. The first-order chi connectivity index (χ1) is 11.0. The van der Waals surface area contributed by atoms with Crippen molar-refractivity contribution in [2.24, 2.45) is 11.8 Å². The van der Waals surface area contributed by atoms with Crippen molar-refractivity contribution < 1.29 is 17.9 Å². The molecule has 0 heterocycles. The van der Waals surface area contributed by atoms with Crippen LogP contribution in [0.3, 0.4) is 0 Å². The normalized spacial score (nSPS) is 25.6. The van der Waals surface area contributed by atoms with Gasteiger partial charge in [-0.25, -0.2) is 8.42 Å². The molecule has 4 atom stereocenters. The fraction of sp³-hybridized carbons (Fsp3) is 0.556. The van der Waals surface area contributed by atoms with Gasteiger partial charge in [-0.15, -0.1) is 0 Å². The Morgan fingerprint density at radius 2 is 1.83 bits per heavy atom. The molecule has 4 nitrogen and oxygen atoms in total. The largest absolute Gasteiger partial charge is 0.353 e. The molecule has 1 aliphatic carbocycles. The van der Waals surface area contributed by atoms with Crippen molar-refractivity contribution in [3.05, 3.63) is 42.5 Å². The van der Waals surface area contributed by atoms with Crippen LogP contribution in [-0.2, 0) is 19.3 Å². The highest BCUT2D eigenvalue weighted by Crippen LogP contribution is 2.33. The molecule has 1 aromatic carbocycles. The summed E-state index contributed by atoms with van der Waals surface area (Å²) in [5.74, 6) is 0.229. The van der Waals surface area contributed by atoms with E-state index in [1.54, 1.807) is 24.3 Å². The first-order valence-corrected chi connectivity index (χ1v) is 9.86. The predicted molar refractivity (Wildman–Crippen MR) is 90.9 cm³/mol. The van der Waals surface area contributed by atoms with Crippen molar-refractivity contribution in [3.63, 3.8) is 0 Å². The van der Waals surface area contributed by atoms with Crippen LogP contribution in [0.1, 0.15) is 27.2 Å². The van der Waals surface area contributed by atoms with E-state index in [-0.39, 0.29) is 30.0 Å². The summed E-state index contributed by atoms with van der Waals surface area (Å²) in [4.78, 5) is 0.373. The number of benzene rings is 1. The Balaban J connectivity index is 2.13. The average molecular weight is 338 g/mol. The Labute approximate surface area is 139 Å². The molecule has 0 N–H and O–H groups in total.